The number of rotatable bonds is 5. The van der Waals surface area contributed by atoms with E-state index in [1.54, 1.807) is 25.1 Å². The summed E-state index contributed by atoms with van der Waals surface area (Å²) < 4.78 is 51.5. The molecule has 2 aromatic carbocycles. The lowest BCUT2D eigenvalue weighted by Crippen LogP contribution is -2.12. The topological polar surface area (TPSA) is 73.6 Å². The van der Waals surface area contributed by atoms with Crippen LogP contribution in [0.4, 0.5) is 19.0 Å². The van der Waals surface area contributed by atoms with Gasteiger partial charge in [-0.1, -0.05) is 12.1 Å². The van der Waals surface area contributed by atoms with Crippen molar-refractivity contribution < 1.29 is 22.6 Å². The van der Waals surface area contributed by atoms with Crippen LogP contribution in [-0.4, -0.2) is 34.0 Å². The van der Waals surface area contributed by atoms with Crippen molar-refractivity contribution in [2.45, 2.75) is 19.1 Å². The number of hydrogen-bond acceptors (Lipinski definition) is 6. The maximum atomic E-state index is 13.1. The minimum absolute atomic E-state index is 0.447. The number of benzene rings is 2. The van der Waals surface area contributed by atoms with E-state index in [1.807, 2.05) is 0 Å². The maximum absolute atomic E-state index is 13.1. The van der Waals surface area contributed by atoms with E-state index in [4.69, 9.17) is 9.47 Å². The molecule has 156 valence electrons. The molecule has 0 saturated heterocycles. The number of nitrogens with zero attached hydrogens (tertiary/aromatic N) is 4. The average molecular weight is 417 g/mol. The first-order valence-electron chi connectivity index (χ1n) is 9.01. The van der Waals surface area contributed by atoms with Gasteiger partial charge in [0.2, 0.25) is 0 Å². The minimum Gasteiger partial charge on any atom is -0.493 e. The van der Waals surface area contributed by atoms with Gasteiger partial charge in [0.15, 0.2) is 23.0 Å². The standard InChI is InChI=1S/C20H18F3N5O2/c1-11(12-5-4-6-13(7-12)20(21,22)23)25-18-14-8-16(29-2)17(30-3)9-15(14)19-26-24-10-28(19)27-18/h4-11H,1-3H3,(H,25,27). The lowest BCUT2D eigenvalue weighted by atomic mass is 10.0. The number of hydrogen-bond donors (Lipinski definition) is 1. The van der Waals surface area contributed by atoms with Crippen LogP contribution in [-0.2, 0) is 6.18 Å². The molecule has 1 atom stereocenters. The molecule has 0 spiro atoms. The van der Waals surface area contributed by atoms with Gasteiger partial charge >= 0.3 is 6.18 Å². The SMILES string of the molecule is COc1cc2c(NC(C)c3cccc(C(F)(F)F)c3)nn3cnnc3c2cc1OC. The van der Waals surface area contributed by atoms with Gasteiger partial charge in [-0.05, 0) is 36.8 Å². The predicted octanol–water partition coefficient (Wildman–Crippen LogP) is 4.49. The van der Waals surface area contributed by atoms with Crippen LogP contribution >= 0.6 is 0 Å². The summed E-state index contributed by atoms with van der Waals surface area (Å²) in [5, 5.41) is 17.1. The third-order valence-electron chi connectivity index (χ3n) is 4.83. The van der Waals surface area contributed by atoms with E-state index in [0.29, 0.717) is 39.3 Å². The van der Waals surface area contributed by atoms with Crippen molar-refractivity contribution in [1.29, 1.82) is 0 Å². The Hall–Kier alpha value is -3.56. The molecule has 0 bridgehead atoms. The molecule has 0 aliphatic carbocycles. The number of halogens is 3. The quantitative estimate of drug-likeness (QED) is 0.516. The molecule has 7 nitrogen and oxygen atoms in total. The van der Waals surface area contributed by atoms with E-state index in [1.165, 1.54) is 31.1 Å². The normalized spacial score (nSPS) is 12.9. The number of anilines is 1. The number of alkyl halides is 3. The molecule has 0 fully saturated rings. The Morgan fingerprint density at radius 3 is 2.40 bits per heavy atom. The van der Waals surface area contributed by atoms with Crippen molar-refractivity contribution in [3.8, 4) is 11.5 Å². The second kappa shape index (κ2) is 7.36. The van der Waals surface area contributed by atoms with Crippen LogP contribution in [0.5, 0.6) is 11.5 Å². The number of ether oxygens (including phenoxy) is 2. The summed E-state index contributed by atoms with van der Waals surface area (Å²) >= 11 is 0. The highest BCUT2D eigenvalue weighted by atomic mass is 19.4. The summed E-state index contributed by atoms with van der Waals surface area (Å²) in [6.07, 6.45) is -2.96. The zero-order valence-electron chi connectivity index (χ0n) is 16.4. The molecule has 4 aromatic rings. The van der Waals surface area contributed by atoms with Gasteiger partial charge in [-0.2, -0.15) is 17.7 Å². The van der Waals surface area contributed by atoms with E-state index in [0.717, 1.165) is 12.1 Å². The summed E-state index contributed by atoms with van der Waals surface area (Å²) in [4.78, 5) is 0. The molecule has 0 amide bonds. The molecule has 0 saturated carbocycles. The average Bonchev–Trinajstić information content (AvgIpc) is 3.21. The van der Waals surface area contributed by atoms with E-state index in [-0.39, 0.29) is 0 Å². The van der Waals surface area contributed by atoms with Crippen molar-refractivity contribution in [3.05, 3.63) is 53.9 Å². The predicted molar refractivity (Wildman–Crippen MR) is 105 cm³/mol. The molecular formula is C20H18F3N5O2. The third kappa shape index (κ3) is 3.44. The minimum atomic E-state index is -4.41. The van der Waals surface area contributed by atoms with E-state index < -0.39 is 17.8 Å². The summed E-state index contributed by atoms with van der Waals surface area (Å²) in [5.74, 6) is 1.45. The highest BCUT2D eigenvalue weighted by Gasteiger charge is 2.30. The van der Waals surface area contributed by atoms with Gasteiger partial charge < -0.3 is 14.8 Å². The maximum Gasteiger partial charge on any atom is 0.416 e. The fourth-order valence-corrected chi connectivity index (χ4v) is 3.28. The number of fused-ring (bicyclic) bond motifs is 3. The Morgan fingerprint density at radius 1 is 1.03 bits per heavy atom. The molecule has 0 radical (unpaired) electrons. The van der Waals surface area contributed by atoms with Crippen LogP contribution in [0.2, 0.25) is 0 Å². The Morgan fingerprint density at radius 2 is 1.73 bits per heavy atom. The van der Waals surface area contributed by atoms with Crippen molar-refractivity contribution >= 4 is 22.2 Å². The fraction of sp³-hybridized carbons (Fsp3) is 0.250. The monoisotopic (exact) mass is 417 g/mol. The molecule has 1 unspecified atom stereocenters. The highest BCUT2D eigenvalue weighted by molar-refractivity contribution is 6.01. The Kier molecular flexibility index (Phi) is 4.84. The zero-order valence-corrected chi connectivity index (χ0v) is 16.4. The lowest BCUT2D eigenvalue weighted by molar-refractivity contribution is -0.137. The van der Waals surface area contributed by atoms with Crippen molar-refractivity contribution in [1.82, 2.24) is 19.8 Å². The first kappa shape index (κ1) is 19.7. The van der Waals surface area contributed by atoms with Crippen LogP contribution in [0, 0.1) is 0 Å². The summed E-state index contributed by atoms with van der Waals surface area (Å²) in [5.41, 5.74) is 0.291. The highest BCUT2D eigenvalue weighted by Crippen LogP contribution is 2.37. The summed E-state index contributed by atoms with van der Waals surface area (Å²) in [6.45, 7) is 1.76. The Bertz CT molecular complexity index is 1220. The van der Waals surface area contributed by atoms with Crippen LogP contribution in [0.1, 0.15) is 24.1 Å². The molecule has 2 aromatic heterocycles. The van der Waals surface area contributed by atoms with Crippen molar-refractivity contribution in [2.75, 3.05) is 19.5 Å². The van der Waals surface area contributed by atoms with Crippen LogP contribution < -0.4 is 14.8 Å². The molecule has 4 rings (SSSR count). The molecule has 0 aliphatic heterocycles. The smallest absolute Gasteiger partial charge is 0.416 e. The second-order valence-corrected chi connectivity index (χ2v) is 6.69. The number of nitrogens with one attached hydrogen (secondary N) is 1. The van der Waals surface area contributed by atoms with Crippen LogP contribution in [0.15, 0.2) is 42.7 Å². The van der Waals surface area contributed by atoms with Gasteiger partial charge in [-0.15, -0.1) is 15.3 Å². The molecule has 2 heterocycles. The van der Waals surface area contributed by atoms with Gasteiger partial charge in [0.25, 0.3) is 0 Å². The van der Waals surface area contributed by atoms with E-state index in [9.17, 15) is 13.2 Å². The lowest BCUT2D eigenvalue weighted by Gasteiger charge is -2.19. The van der Waals surface area contributed by atoms with Crippen molar-refractivity contribution in [3.63, 3.8) is 0 Å². The van der Waals surface area contributed by atoms with Gasteiger partial charge in [0.05, 0.1) is 25.8 Å². The summed E-state index contributed by atoms with van der Waals surface area (Å²) in [7, 11) is 3.05. The van der Waals surface area contributed by atoms with Crippen LogP contribution in [0.25, 0.3) is 16.4 Å². The van der Waals surface area contributed by atoms with Gasteiger partial charge in [-0.25, -0.2) is 0 Å². The molecule has 0 aliphatic rings. The number of aromatic nitrogens is 4. The first-order chi connectivity index (χ1) is 14.3. The molecule has 1 N–H and O–H groups in total. The molecular weight excluding hydrogens is 399 g/mol. The van der Waals surface area contributed by atoms with Crippen LogP contribution in [0.3, 0.4) is 0 Å². The largest absolute Gasteiger partial charge is 0.493 e. The molecule has 30 heavy (non-hydrogen) atoms. The Labute approximate surface area is 169 Å². The number of methoxy groups -OCH3 is 2. The van der Waals surface area contributed by atoms with E-state index >= 15 is 0 Å². The van der Waals surface area contributed by atoms with Gasteiger partial charge in [0.1, 0.15) is 6.33 Å². The van der Waals surface area contributed by atoms with Gasteiger partial charge in [0, 0.05) is 10.8 Å². The van der Waals surface area contributed by atoms with Gasteiger partial charge in [-0.3, -0.25) is 0 Å². The van der Waals surface area contributed by atoms with E-state index in [2.05, 4.69) is 20.6 Å². The fourth-order valence-electron chi connectivity index (χ4n) is 3.28. The zero-order chi connectivity index (χ0) is 21.5. The second-order valence-electron chi connectivity index (χ2n) is 6.69. The van der Waals surface area contributed by atoms with Crippen molar-refractivity contribution in [2.24, 2.45) is 0 Å². The molecule has 10 heteroatoms. The third-order valence-corrected chi connectivity index (χ3v) is 4.83. The summed E-state index contributed by atoms with van der Waals surface area (Å²) in [6, 6.07) is 8.25. The first-order valence-corrected chi connectivity index (χ1v) is 9.01. The Balaban J connectivity index is 1.82.